The van der Waals surface area contributed by atoms with Gasteiger partial charge in [0.25, 0.3) is 5.91 Å². The zero-order valence-corrected chi connectivity index (χ0v) is 17.2. The molecule has 1 amide bonds. The van der Waals surface area contributed by atoms with Crippen molar-refractivity contribution < 1.29 is 4.79 Å². The number of rotatable bonds is 6. The summed E-state index contributed by atoms with van der Waals surface area (Å²) in [6, 6.07) is 7.78. The van der Waals surface area contributed by atoms with Gasteiger partial charge >= 0.3 is 0 Å². The van der Waals surface area contributed by atoms with E-state index < -0.39 is 0 Å². The second kappa shape index (κ2) is 10.5. The Kier molecular flexibility index (Phi) is 8.29. The SMILES string of the molecule is CCNC(=NCCc1cccc(C(=O)NC)c1)N1CCSC(C(C)C)C1. The highest BCUT2D eigenvalue weighted by atomic mass is 32.2. The summed E-state index contributed by atoms with van der Waals surface area (Å²) in [7, 11) is 1.66. The Labute approximate surface area is 162 Å². The first-order chi connectivity index (χ1) is 12.5. The van der Waals surface area contributed by atoms with E-state index in [1.165, 1.54) is 0 Å². The summed E-state index contributed by atoms with van der Waals surface area (Å²) in [5.74, 6) is 2.80. The van der Waals surface area contributed by atoms with Crippen LogP contribution in [0.1, 0.15) is 36.7 Å². The fraction of sp³-hybridized carbons (Fsp3) is 0.600. The van der Waals surface area contributed by atoms with E-state index in [9.17, 15) is 4.79 Å². The Morgan fingerprint density at radius 2 is 2.23 bits per heavy atom. The van der Waals surface area contributed by atoms with Gasteiger partial charge < -0.3 is 15.5 Å². The van der Waals surface area contributed by atoms with E-state index in [0.717, 1.165) is 49.9 Å². The number of hydrogen-bond acceptors (Lipinski definition) is 3. The molecule has 0 radical (unpaired) electrons. The van der Waals surface area contributed by atoms with Gasteiger partial charge in [-0.1, -0.05) is 26.0 Å². The Bertz CT molecular complexity index is 618. The second-order valence-corrected chi connectivity index (χ2v) is 8.21. The van der Waals surface area contributed by atoms with E-state index in [2.05, 4.69) is 54.1 Å². The summed E-state index contributed by atoms with van der Waals surface area (Å²) < 4.78 is 0. The molecule has 1 unspecified atom stereocenters. The summed E-state index contributed by atoms with van der Waals surface area (Å²) in [6.07, 6.45) is 0.829. The van der Waals surface area contributed by atoms with Crippen LogP contribution >= 0.6 is 11.8 Å². The van der Waals surface area contributed by atoms with Crippen molar-refractivity contribution >= 4 is 23.6 Å². The molecule has 0 bridgehead atoms. The molecular formula is C20H32N4OS. The van der Waals surface area contributed by atoms with Gasteiger partial charge in [-0.15, -0.1) is 0 Å². The van der Waals surface area contributed by atoms with Crippen LogP contribution in [0.2, 0.25) is 0 Å². The topological polar surface area (TPSA) is 56.7 Å². The first kappa shape index (κ1) is 20.6. The Hall–Kier alpha value is -1.69. The minimum Gasteiger partial charge on any atom is -0.357 e. The molecule has 1 saturated heterocycles. The van der Waals surface area contributed by atoms with Crippen LogP contribution in [0.25, 0.3) is 0 Å². The normalized spacial score (nSPS) is 18.1. The number of amides is 1. The van der Waals surface area contributed by atoms with E-state index in [4.69, 9.17) is 4.99 Å². The Balaban J connectivity index is 1.99. The molecular weight excluding hydrogens is 344 g/mol. The van der Waals surface area contributed by atoms with Gasteiger partial charge in [-0.25, -0.2) is 0 Å². The molecule has 1 aliphatic rings. The molecule has 6 heteroatoms. The van der Waals surface area contributed by atoms with Crippen molar-refractivity contribution in [3.63, 3.8) is 0 Å². The number of nitrogens with one attached hydrogen (secondary N) is 2. The van der Waals surface area contributed by atoms with Crippen molar-refractivity contribution in [2.45, 2.75) is 32.4 Å². The lowest BCUT2D eigenvalue weighted by Gasteiger charge is -2.36. The van der Waals surface area contributed by atoms with Crippen LogP contribution in [-0.4, -0.2) is 61.0 Å². The van der Waals surface area contributed by atoms with Gasteiger partial charge in [-0.05, 0) is 37.0 Å². The molecule has 5 nitrogen and oxygen atoms in total. The molecule has 26 heavy (non-hydrogen) atoms. The molecule has 0 saturated carbocycles. The summed E-state index contributed by atoms with van der Waals surface area (Å²) in [5.41, 5.74) is 1.84. The van der Waals surface area contributed by atoms with Crippen LogP contribution in [0.3, 0.4) is 0 Å². The van der Waals surface area contributed by atoms with Crippen LogP contribution in [0.4, 0.5) is 0 Å². The average molecular weight is 377 g/mol. The molecule has 0 aromatic heterocycles. The summed E-state index contributed by atoms with van der Waals surface area (Å²) >= 11 is 2.08. The maximum absolute atomic E-state index is 11.8. The Morgan fingerprint density at radius 3 is 2.92 bits per heavy atom. The maximum Gasteiger partial charge on any atom is 0.251 e. The molecule has 1 heterocycles. The number of benzene rings is 1. The quantitative estimate of drug-likeness (QED) is 0.592. The van der Waals surface area contributed by atoms with Crippen molar-refractivity contribution in [1.82, 2.24) is 15.5 Å². The highest BCUT2D eigenvalue weighted by Gasteiger charge is 2.24. The number of nitrogens with zero attached hydrogens (tertiary/aromatic N) is 2. The fourth-order valence-corrected chi connectivity index (χ4v) is 4.30. The molecule has 1 aromatic rings. The minimum absolute atomic E-state index is 0.0470. The molecule has 0 spiro atoms. The third-order valence-electron chi connectivity index (χ3n) is 4.55. The smallest absolute Gasteiger partial charge is 0.251 e. The summed E-state index contributed by atoms with van der Waals surface area (Å²) in [4.78, 5) is 19.0. The third kappa shape index (κ3) is 5.94. The standard InChI is InChI=1S/C20H32N4OS/c1-5-22-20(24-11-12-26-18(14-24)15(2)3)23-10-9-16-7-6-8-17(13-16)19(25)21-4/h6-8,13,15,18H,5,9-12,14H2,1-4H3,(H,21,25)(H,22,23). The van der Waals surface area contributed by atoms with Gasteiger partial charge in [0, 0.05) is 49.8 Å². The van der Waals surface area contributed by atoms with Crippen molar-refractivity contribution in [1.29, 1.82) is 0 Å². The van der Waals surface area contributed by atoms with Crippen LogP contribution < -0.4 is 10.6 Å². The summed E-state index contributed by atoms with van der Waals surface area (Å²) in [6.45, 7) is 10.4. The average Bonchev–Trinajstić information content (AvgIpc) is 2.67. The predicted molar refractivity (Wildman–Crippen MR) is 112 cm³/mol. The number of carbonyl (C=O) groups excluding carboxylic acids is 1. The highest BCUT2D eigenvalue weighted by Crippen LogP contribution is 2.24. The molecule has 1 atom stereocenters. The fourth-order valence-electron chi connectivity index (χ4n) is 3.00. The van der Waals surface area contributed by atoms with E-state index in [0.29, 0.717) is 16.7 Å². The Morgan fingerprint density at radius 1 is 1.42 bits per heavy atom. The van der Waals surface area contributed by atoms with Crippen molar-refractivity contribution in [3.8, 4) is 0 Å². The van der Waals surface area contributed by atoms with Crippen LogP contribution in [0.15, 0.2) is 29.3 Å². The molecule has 2 rings (SSSR count). The van der Waals surface area contributed by atoms with E-state index in [1.807, 2.05) is 18.2 Å². The maximum atomic E-state index is 11.8. The molecule has 1 fully saturated rings. The van der Waals surface area contributed by atoms with Gasteiger partial charge in [-0.2, -0.15) is 11.8 Å². The first-order valence-electron chi connectivity index (χ1n) is 9.51. The monoisotopic (exact) mass is 376 g/mol. The zero-order valence-electron chi connectivity index (χ0n) is 16.4. The van der Waals surface area contributed by atoms with Gasteiger partial charge in [0.15, 0.2) is 5.96 Å². The van der Waals surface area contributed by atoms with Crippen molar-refractivity contribution in [2.24, 2.45) is 10.9 Å². The summed E-state index contributed by atoms with van der Waals surface area (Å²) in [5, 5.41) is 6.77. The molecule has 1 aliphatic heterocycles. The van der Waals surface area contributed by atoms with Crippen LogP contribution in [-0.2, 0) is 6.42 Å². The molecule has 144 valence electrons. The lowest BCUT2D eigenvalue weighted by atomic mass is 10.1. The number of guanidine groups is 1. The van der Waals surface area contributed by atoms with E-state index in [1.54, 1.807) is 7.05 Å². The van der Waals surface area contributed by atoms with E-state index >= 15 is 0 Å². The third-order valence-corrected chi connectivity index (χ3v) is 6.09. The van der Waals surface area contributed by atoms with Gasteiger partial charge in [0.2, 0.25) is 0 Å². The lowest BCUT2D eigenvalue weighted by molar-refractivity contribution is 0.0963. The predicted octanol–water partition coefficient (Wildman–Crippen LogP) is 2.63. The molecule has 0 aliphatic carbocycles. The van der Waals surface area contributed by atoms with Crippen molar-refractivity contribution in [2.75, 3.05) is 39.0 Å². The van der Waals surface area contributed by atoms with Crippen molar-refractivity contribution in [3.05, 3.63) is 35.4 Å². The van der Waals surface area contributed by atoms with Crippen LogP contribution in [0.5, 0.6) is 0 Å². The number of carbonyl (C=O) groups is 1. The number of hydrogen-bond donors (Lipinski definition) is 2. The van der Waals surface area contributed by atoms with Gasteiger partial charge in [-0.3, -0.25) is 9.79 Å². The lowest BCUT2D eigenvalue weighted by Crippen LogP contribution is -2.49. The highest BCUT2D eigenvalue weighted by molar-refractivity contribution is 8.00. The minimum atomic E-state index is -0.0470. The zero-order chi connectivity index (χ0) is 18.9. The second-order valence-electron chi connectivity index (χ2n) is 6.86. The van der Waals surface area contributed by atoms with E-state index in [-0.39, 0.29) is 5.91 Å². The number of thioether (sulfide) groups is 1. The number of aliphatic imine (C=N–C) groups is 1. The van der Waals surface area contributed by atoms with Gasteiger partial charge in [0.1, 0.15) is 0 Å². The molecule has 1 aromatic carbocycles. The van der Waals surface area contributed by atoms with Crippen LogP contribution in [0, 0.1) is 5.92 Å². The largest absolute Gasteiger partial charge is 0.357 e. The first-order valence-corrected chi connectivity index (χ1v) is 10.6. The molecule has 2 N–H and O–H groups in total. The van der Waals surface area contributed by atoms with Gasteiger partial charge in [0.05, 0.1) is 0 Å².